The lowest BCUT2D eigenvalue weighted by molar-refractivity contribution is 0.199. The Morgan fingerprint density at radius 1 is 1.42 bits per heavy atom. The monoisotopic (exact) mass is 261 g/mol. The van der Waals surface area contributed by atoms with Gasteiger partial charge in [-0.2, -0.15) is 0 Å². The molecule has 0 saturated carbocycles. The third kappa shape index (κ3) is 3.82. The Morgan fingerprint density at radius 2 is 2.32 bits per heavy atom. The summed E-state index contributed by atoms with van der Waals surface area (Å²) in [5, 5.41) is 3.34. The fourth-order valence-corrected chi connectivity index (χ4v) is 2.33. The minimum absolute atomic E-state index is 0.767. The lowest BCUT2D eigenvalue weighted by atomic mass is 10.0. The number of allylic oxidation sites excluding steroid dienone is 1. The van der Waals surface area contributed by atoms with Gasteiger partial charge in [0, 0.05) is 25.6 Å². The summed E-state index contributed by atoms with van der Waals surface area (Å²) in [5.74, 6) is 1.09. The van der Waals surface area contributed by atoms with E-state index in [1.54, 1.807) is 7.11 Å². The van der Waals surface area contributed by atoms with Gasteiger partial charge >= 0.3 is 0 Å². The normalized spacial score (nSPS) is 14.3. The summed E-state index contributed by atoms with van der Waals surface area (Å²) in [6.07, 6.45) is 4.34. The van der Waals surface area contributed by atoms with Crippen molar-refractivity contribution in [2.75, 3.05) is 33.4 Å². The molecule has 0 bridgehead atoms. The molecule has 0 unspecified atom stereocenters. The molecule has 1 heterocycles. The first-order chi connectivity index (χ1) is 9.33. The number of methoxy groups -OCH3 is 1. The van der Waals surface area contributed by atoms with Crippen LogP contribution in [0.1, 0.15) is 24.5 Å². The molecule has 19 heavy (non-hydrogen) atoms. The van der Waals surface area contributed by atoms with E-state index in [0.29, 0.717) is 0 Å². The van der Waals surface area contributed by atoms with Crippen molar-refractivity contribution in [3.05, 3.63) is 35.4 Å². The average Bonchev–Trinajstić information content (AvgIpc) is 2.90. The van der Waals surface area contributed by atoms with E-state index in [2.05, 4.69) is 36.5 Å². The number of hydrogen-bond donors (Lipinski definition) is 1. The van der Waals surface area contributed by atoms with Crippen LogP contribution in [0.5, 0.6) is 5.75 Å². The minimum Gasteiger partial charge on any atom is -0.492 e. The molecule has 1 aliphatic rings. The molecule has 1 aromatic rings. The first-order valence-electron chi connectivity index (χ1n) is 6.94. The summed E-state index contributed by atoms with van der Waals surface area (Å²) in [4.78, 5) is 0. The molecule has 1 aromatic carbocycles. The Bertz CT molecular complexity index is 440. The van der Waals surface area contributed by atoms with Gasteiger partial charge in [-0.15, -0.1) is 0 Å². The molecule has 0 spiro atoms. The molecule has 1 aliphatic heterocycles. The quantitative estimate of drug-likeness (QED) is 0.765. The van der Waals surface area contributed by atoms with Crippen molar-refractivity contribution in [3.63, 3.8) is 0 Å². The fourth-order valence-electron chi connectivity index (χ4n) is 2.33. The highest BCUT2D eigenvalue weighted by Crippen LogP contribution is 2.33. The maximum Gasteiger partial charge on any atom is 0.130 e. The largest absolute Gasteiger partial charge is 0.492 e. The number of para-hydroxylation sites is 1. The first-order valence-corrected chi connectivity index (χ1v) is 6.94. The summed E-state index contributed by atoms with van der Waals surface area (Å²) in [7, 11) is 1.72. The summed E-state index contributed by atoms with van der Waals surface area (Å²) in [5.41, 5.74) is 3.88. The van der Waals surface area contributed by atoms with Crippen LogP contribution in [0.2, 0.25) is 0 Å². The highest BCUT2D eigenvalue weighted by molar-refractivity contribution is 5.71. The van der Waals surface area contributed by atoms with Crippen LogP contribution in [0, 0.1) is 0 Å². The van der Waals surface area contributed by atoms with E-state index in [-0.39, 0.29) is 0 Å². The highest BCUT2D eigenvalue weighted by Gasteiger charge is 2.16. The summed E-state index contributed by atoms with van der Waals surface area (Å²) in [6, 6.07) is 6.43. The van der Waals surface area contributed by atoms with E-state index in [1.165, 1.54) is 16.7 Å². The van der Waals surface area contributed by atoms with E-state index < -0.39 is 0 Å². The molecule has 0 aromatic heterocycles. The van der Waals surface area contributed by atoms with Crippen LogP contribution in [0.25, 0.3) is 5.57 Å². The average molecular weight is 261 g/mol. The Hall–Kier alpha value is -1.32. The maximum absolute atomic E-state index is 5.74. The Balaban J connectivity index is 1.89. The fraction of sp³-hybridized carbons (Fsp3) is 0.500. The molecular weight excluding hydrogens is 238 g/mol. The van der Waals surface area contributed by atoms with Crippen LogP contribution in [0.4, 0.5) is 0 Å². The van der Waals surface area contributed by atoms with Crippen molar-refractivity contribution in [3.8, 4) is 5.75 Å². The van der Waals surface area contributed by atoms with Gasteiger partial charge in [0.1, 0.15) is 5.75 Å². The van der Waals surface area contributed by atoms with Crippen LogP contribution in [-0.4, -0.2) is 33.4 Å². The van der Waals surface area contributed by atoms with Crippen molar-refractivity contribution < 1.29 is 9.47 Å². The van der Waals surface area contributed by atoms with Crippen molar-refractivity contribution in [1.82, 2.24) is 5.32 Å². The van der Waals surface area contributed by atoms with Gasteiger partial charge in [0.2, 0.25) is 0 Å². The zero-order chi connectivity index (χ0) is 13.5. The number of fused-ring (bicyclic) bond motifs is 1. The van der Waals surface area contributed by atoms with Gasteiger partial charge in [-0.3, -0.25) is 0 Å². The molecule has 0 atom stereocenters. The third-order valence-corrected chi connectivity index (χ3v) is 3.39. The van der Waals surface area contributed by atoms with E-state index in [1.807, 2.05) is 0 Å². The van der Waals surface area contributed by atoms with Crippen molar-refractivity contribution in [1.29, 1.82) is 0 Å². The van der Waals surface area contributed by atoms with Crippen LogP contribution < -0.4 is 10.1 Å². The summed E-state index contributed by atoms with van der Waals surface area (Å²) in [6.45, 7) is 5.64. The number of nitrogens with one attached hydrogen (secondary N) is 1. The summed E-state index contributed by atoms with van der Waals surface area (Å²) < 4.78 is 10.7. The van der Waals surface area contributed by atoms with Gasteiger partial charge < -0.3 is 14.8 Å². The molecular formula is C16H23NO2. The SMILES string of the molecule is COCCNCC/C=C(/C)c1cccc2c1OCC2. The molecule has 0 fully saturated rings. The maximum atomic E-state index is 5.74. The zero-order valence-corrected chi connectivity index (χ0v) is 11.9. The molecule has 104 valence electrons. The van der Waals surface area contributed by atoms with Gasteiger partial charge in [0.25, 0.3) is 0 Å². The van der Waals surface area contributed by atoms with E-state index in [4.69, 9.17) is 9.47 Å². The van der Waals surface area contributed by atoms with Gasteiger partial charge in [-0.05, 0) is 31.0 Å². The van der Waals surface area contributed by atoms with Gasteiger partial charge in [0.15, 0.2) is 0 Å². The minimum atomic E-state index is 0.767. The topological polar surface area (TPSA) is 30.5 Å². The highest BCUT2D eigenvalue weighted by atomic mass is 16.5. The van der Waals surface area contributed by atoms with Gasteiger partial charge in [0.05, 0.1) is 13.2 Å². The third-order valence-electron chi connectivity index (χ3n) is 3.39. The van der Waals surface area contributed by atoms with Crippen LogP contribution in [0.3, 0.4) is 0 Å². The van der Waals surface area contributed by atoms with Crippen molar-refractivity contribution in [2.45, 2.75) is 19.8 Å². The number of hydrogen-bond acceptors (Lipinski definition) is 3. The molecule has 0 aliphatic carbocycles. The lowest BCUT2D eigenvalue weighted by Crippen LogP contribution is -2.19. The van der Waals surface area contributed by atoms with Crippen LogP contribution in [-0.2, 0) is 11.2 Å². The predicted octanol–water partition coefficient (Wildman–Crippen LogP) is 2.65. The molecule has 0 saturated heterocycles. The molecule has 2 rings (SSSR count). The van der Waals surface area contributed by atoms with Crippen molar-refractivity contribution in [2.24, 2.45) is 0 Å². The molecule has 1 N–H and O–H groups in total. The van der Waals surface area contributed by atoms with Crippen LogP contribution >= 0.6 is 0 Å². The lowest BCUT2D eigenvalue weighted by Gasteiger charge is -2.08. The second-order valence-corrected chi connectivity index (χ2v) is 4.81. The number of benzene rings is 1. The van der Waals surface area contributed by atoms with E-state index in [0.717, 1.165) is 44.9 Å². The van der Waals surface area contributed by atoms with E-state index in [9.17, 15) is 0 Å². The van der Waals surface area contributed by atoms with E-state index >= 15 is 0 Å². The van der Waals surface area contributed by atoms with Gasteiger partial charge in [-0.25, -0.2) is 0 Å². The second kappa shape index (κ2) is 7.31. The van der Waals surface area contributed by atoms with Gasteiger partial charge in [-0.1, -0.05) is 24.3 Å². The van der Waals surface area contributed by atoms with Crippen LogP contribution in [0.15, 0.2) is 24.3 Å². The smallest absolute Gasteiger partial charge is 0.130 e. The molecule has 3 heteroatoms. The Kier molecular flexibility index (Phi) is 5.43. The first kappa shape index (κ1) is 14.1. The Labute approximate surface area is 115 Å². The predicted molar refractivity (Wildman–Crippen MR) is 78.7 cm³/mol. The summed E-state index contributed by atoms with van der Waals surface area (Å²) >= 11 is 0. The zero-order valence-electron chi connectivity index (χ0n) is 11.9. The Morgan fingerprint density at radius 3 is 3.16 bits per heavy atom. The standard InChI is InChI=1S/C16H23NO2/c1-13(5-4-9-17-10-12-18-2)15-7-3-6-14-8-11-19-16(14)15/h3,5-7,17H,4,8-12H2,1-2H3/b13-5-. The molecule has 0 amide bonds. The number of ether oxygens (including phenoxy) is 2. The molecule has 3 nitrogen and oxygen atoms in total. The van der Waals surface area contributed by atoms with Crippen molar-refractivity contribution >= 4 is 5.57 Å². The number of rotatable bonds is 7. The second-order valence-electron chi connectivity index (χ2n) is 4.81. The molecule has 0 radical (unpaired) electrons.